The second-order valence-corrected chi connectivity index (χ2v) is 10.6. The Hall–Kier alpha value is -3.76. The van der Waals surface area contributed by atoms with Crippen LogP contribution in [0.25, 0.3) is 0 Å². The normalized spacial score (nSPS) is 15.8. The van der Waals surface area contributed by atoms with E-state index in [4.69, 9.17) is 4.74 Å². The number of nitrogens with one attached hydrogen (secondary N) is 2. The van der Waals surface area contributed by atoms with Gasteiger partial charge in [-0.3, -0.25) is 9.59 Å². The zero-order valence-corrected chi connectivity index (χ0v) is 21.1. The number of carbonyl (C=O) groups is 2. The molecule has 2 N–H and O–H groups in total. The van der Waals surface area contributed by atoms with Crippen molar-refractivity contribution in [3.8, 4) is 5.75 Å². The average molecular weight is 526 g/mol. The van der Waals surface area contributed by atoms with Crippen molar-refractivity contribution in [2.24, 2.45) is 0 Å². The first-order valence-electron chi connectivity index (χ1n) is 11.8. The van der Waals surface area contributed by atoms with Crippen molar-refractivity contribution in [1.82, 2.24) is 10.0 Å². The van der Waals surface area contributed by atoms with Gasteiger partial charge in [0.2, 0.25) is 15.9 Å². The van der Waals surface area contributed by atoms with Crippen LogP contribution in [-0.2, 0) is 26.0 Å². The molecule has 1 aliphatic heterocycles. The van der Waals surface area contributed by atoms with Crippen LogP contribution in [0, 0.1) is 5.82 Å². The number of halogens is 1. The highest BCUT2D eigenvalue weighted by Gasteiger charge is 2.35. The van der Waals surface area contributed by atoms with Crippen LogP contribution in [0.5, 0.6) is 5.75 Å². The maximum atomic E-state index is 13.5. The maximum absolute atomic E-state index is 13.5. The number of fused-ring (bicyclic) bond motifs is 1. The summed E-state index contributed by atoms with van der Waals surface area (Å²) in [6.45, 7) is 0.366. The molecule has 0 radical (unpaired) electrons. The monoisotopic (exact) mass is 525 g/mol. The van der Waals surface area contributed by atoms with Crippen LogP contribution in [-0.4, -0.2) is 45.7 Å². The number of ether oxygens (including phenoxy) is 1. The molecule has 3 aromatic rings. The second kappa shape index (κ2) is 11.5. The van der Waals surface area contributed by atoms with E-state index in [0.717, 1.165) is 11.8 Å². The van der Waals surface area contributed by atoms with Gasteiger partial charge < -0.3 is 15.0 Å². The Labute approximate surface area is 215 Å². The van der Waals surface area contributed by atoms with E-state index in [1.165, 1.54) is 29.2 Å². The van der Waals surface area contributed by atoms with Crippen molar-refractivity contribution in [3.63, 3.8) is 0 Å². The number of nitrogens with zero attached hydrogens (tertiary/aromatic N) is 1. The second-order valence-electron chi connectivity index (χ2n) is 8.80. The zero-order valence-electron chi connectivity index (χ0n) is 20.3. The van der Waals surface area contributed by atoms with Gasteiger partial charge in [0, 0.05) is 13.0 Å². The van der Waals surface area contributed by atoms with Gasteiger partial charge in [0.15, 0.2) is 6.10 Å². The van der Waals surface area contributed by atoms with Crippen molar-refractivity contribution in [1.29, 1.82) is 0 Å². The van der Waals surface area contributed by atoms with Crippen LogP contribution < -0.4 is 19.7 Å². The lowest BCUT2D eigenvalue weighted by Crippen LogP contribution is -2.51. The van der Waals surface area contributed by atoms with Gasteiger partial charge in [-0.1, -0.05) is 54.6 Å². The van der Waals surface area contributed by atoms with Crippen LogP contribution in [0.3, 0.4) is 0 Å². The third-order valence-electron chi connectivity index (χ3n) is 5.93. The molecular weight excluding hydrogens is 497 g/mol. The molecule has 0 bridgehead atoms. The summed E-state index contributed by atoms with van der Waals surface area (Å²) in [6, 6.07) is 20.9. The Kier molecular flexibility index (Phi) is 8.20. The summed E-state index contributed by atoms with van der Waals surface area (Å²) in [5.41, 5.74) is 2.01. The highest BCUT2D eigenvalue weighted by Crippen LogP contribution is 2.34. The third-order valence-corrected chi connectivity index (χ3v) is 6.64. The number of hydrogen-bond acceptors (Lipinski definition) is 5. The number of benzene rings is 3. The summed E-state index contributed by atoms with van der Waals surface area (Å²) in [5.74, 6) is -0.869. The standard InChI is InChI=1S/C27H28FN3O5S/c1-37(34,35)30-22(20-11-13-21(28)14-12-20)17-26(32)31-18-25(36-24-10-6-5-9-23(24)31)27(33)29-16-15-19-7-3-2-4-8-19/h2-14,22,25,30H,15-18H2,1H3,(H,29,33)/t22-,25-/m1/s1. The molecule has 0 unspecified atom stereocenters. The maximum Gasteiger partial charge on any atom is 0.262 e. The lowest BCUT2D eigenvalue weighted by atomic mass is 10.0. The minimum Gasteiger partial charge on any atom is -0.477 e. The van der Waals surface area contributed by atoms with Crippen LogP contribution >= 0.6 is 0 Å². The van der Waals surface area contributed by atoms with Crippen molar-refractivity contribution in [2.45, 2.75) is 25.0 Å². The van der Waals surface area contributed by atoms with E-state index < -0.39 is 33.9 Å². The molecule has 3 aromatic carbocycles. The highest BCUT2D eigenvalue weighted by molar-refractivity contribution is 7.88. The van der Waals surface area contributed by atoms with E-state index in [1.807, 2.05) is 30.3 Å². The molecule has 0 saturated carbocycles. The fourth-order valence-corrected chi connectivity index (χ4v) is 4.90. The lowest BCUT2D eigenvalue weighted by Gasteiger charge is -2.35. The SMILES string of the molecule is CS(=O)(=O)N[C@H](CC(=O)N1C[C@H](C(=O)NCCc2ccccc2)Oc2ccccc21)c1ccc(F)cc1. The van der Waals surface area contributed by atoms with E-state index in [9.17, 15) is 22.4 Å². The minimum atomic E-state index is -3.68. The number of hydrogen-bond donors (Lipinski definition) is 2. The van der Waals surface area contributed by atoms with E-state index in [-0.39, 0.29) is 18.9 Å². The van der Waals surface area contributed by atoms with Crippen LogP contribution in [0.2, 0.25) is 0 Å². The van der Waals surface area contributed by atoms with Crippen molar-refractivity contribution in [2.75, 3.05) is 24.2 Å². The molecule has 4 rings (SSSR count). The number of anilines is 1. The van der Waals surface area contributed by atoms with Gasteiger partial charge in [0.25, 0.3) is 5.91 Å². The largest absolute Gasteiger partial charge is 0.477 e. The molecule has 10 heteroatoms. The van der Waals surface area contributed by atoms with Crippen molar-refractivity contribution in [3.05, 3.63) is 95.8 Å². The van der Waals surface area contributed by atoms with Crippen LogP contribution in [0.15, 0.2) is 78.9 Å². The molecule has 0 aromatic heterocycles. The average Bonchev–Trinajstić information content (AvgIpc) is 2.88. The van der Waals surface area contributed by atoms with Gasteiger partial charge in [-0.2, -0.15) is 0 Å². The minimum absolute atomic E-state index is 0.0397. The third kappa shape index (κ3) is 7.14. The molecule has 0 aliphatic carbocycles. The summed E-state index contributed by atoms with van der Waals surface area (Å²) in [7, 11) is -3.68. The predicted octanol–water partition coefficient (Wildman–Crippen LogP) is 2.96. The van der Waals surface area contributed by atoms with E-state index in [2.05, 4.69) is 10.0 Å². The van der Waals surface area contributed by atoms with Gasteiger partial charge in [0.05, 0.1) is 24.5 Å². The molecule has 0 fully saturated rings. The Morgan fingerprint density at radius 3 is 2.41 bits per heavy atom. The highest BCUT2D eigenvalue weighted by atomic mass is 32.2. The number of rotatable bonds is 9. The predicted molar refractivity (Wildman–Crippen MR) is 138 cm³/mol. The first-order valence-corrected chi connectivity index (χ1v) is 13.7. The number of para-hydroxylation sites is 2. The molecule has 2 atom stereocenters. The molecule has 1 heterocycles. The van der Waals surface area contributed by atoms with Gasteiger partial charge in [-0.15, -0.1) is 0 Å². The fraction of sp³-hybridized carbons (Fsp3) is 0.259. The van der Waals surface area contributed by atoms with E-state index >= 15 is 0 Å². The number of amides is 2. The molecule has 0 spiro atoms. The van der Waals surface area contributed by atoms with Gasteiger partial charge >= 0.3 is 0 Å². The molecular formula is C27H28FN3O5S. The summed E-state index contributed by atoms with van der Waals surface area (Å²) in [5, 5.41) is 2.87. The summed E-state index contributed by atoms with van der Waals surface area (Å²) in [6.07, 6.45) is 0.458. The molecule has 37 heavy (non-hydrogen) atoms. The smallest absolute Gasteiger partial charge is 0.262 e. The first-order chi connectivity index (χ1) is 17.7. The van der Waals surface area contributed by atoms with Crippen LogP contribution in [0.4, 0.5) is 10.1 Å². The Morgan fingerprint density at radius 2 is 1.70 bits per heavy atom. The summed E-state index contributed by atoms with van der Waals surface area (Å²) in [4.78, 5) is 27.9. The molecule has 194 valence electrons. The molecule has 2 amide bonds. The lowest BCUT2D eigenvalue weighted by molar-refractivity contribution is -0.128. The van der Waals surface area contributed by atoms with Crippen molar-refractivity contribution >= 4 is 27.5 Å². The summed E-state index contributed by atoms with van der Waals surface area (Å²) < 4.78 is 45.8. The summed E-state index contributed by atoms with van der Waals surface area (Å²) >= 11 is 0. The topological polar surface area (TPSA) is 105 Å². The Bertz CT molecular complexity index is 1350. The Balaban J connectivity index is 1.50. The fourth-order valence-electron chi connectivity index (χ4n) is 4.16. The first kappa shape index (κ1) is 26.3. The van der Waals surface area contributed by atoms with Gasteiger partial charge in [0.1, 0.15) is 11.6 Å². The number of carbonyl (C=O) groups excluding carboxylic acids is 2. The van der Waals surface area contributed by atoms with Gasteiger partial charge in [-0.05, 0) is 41.8 Å². The number of sulfonamides is 1. The van der Waals surface area contributed by atoms with Crippen LogP contribution in [0.1, 0.15) is 23.6 Å². The van der Waals surface area contributed by atoms with E-state index in [1.54, 1.807) is 24.3 Å². The van der Waals surface area contributed by atoms with E-state index in [0.29, 0.717) is 30.0 Å². The molecule has 0 saturated heterocycles. The molecule has 1 aliphatic rings. The Morgan fingerprint density at radius 1 is 1.03 bits per heavy atom. The van der Waals surface area contributed by atoms with Crippen molar-refractivity contribution < 1.29 is 27.1 Å². The van der Waals surface area contributed by atoms with Gasteiger partial charge in [-0.25, -0.2) is 17.5 Å². The quantitative estimate of drug-likeness (QED) is 0.447. The zero-order chi connectivity index (χ0) is 26.4. The molecule has 8 nitrogen and oxygen atoms in total.